The highest BCUT2D eigenvalue weighted by Crippen LogP contribution is 2.20. The number of aromatic nitrogens is 2. The molecule has 6 heteroatoms. The smallest absolute Gasteiger partial charge is 0.226 e. The number of nitrogens with zero attached hydrogens (tertiary/aromatic N) is 3. The first-order chi connectivity index (χ1) is 8.83. The molecule has 0 radical (unpaired) electrons. The van der Waals surface area contributed by atoms with E-state index < -0.39 is 0 Å². The normalized spacial score (nSPS) is 21.3. The highest BCUT2D eigenvalue weighted by Gasteiger charge is 2.25. The summed E-state index contributed by atoms with van der Waals surface area (Å²) in [6.07, 6.45) is 2.71. The van der Waals surface area contributed by atoms with E-state index in [0.717, 1.165) is 45.5 Å². The monoisotopic (exact) mass is 254 g/mol. The van der Waals surface area contributed by atoms with Gasteiger partial charge in [-0.15, -0.1) is 0 Å². The van der Waals surface area contributed by atoms with Crippen LogP contribution in [0.2, 0.25) is 0 Å². The first kappa shape index (κ1) is 13.5. The van der Waals surface area contributed by atoms with Crippen LogP contribution in [-0.2, 0) is 11.2 Å². The summed E-state index contributed by atoms with van der Waals surface area (Å²) in [6, 6.07) is 0. The molecular formula is C12H22N4O2. The van der Waals surface area contributed by atoms with Crippen LogP contribution in [0.5, 0.6) is 0 Å². The van der Waals surface area contributed by atoms with E-state index in [9.17, 15) is 0 Å². The van der Waals surface area contributed by atoms with Gasteiger partial charge in [0.15, 0.2) is 0 Å². The van der Waals surface area contributed by atoms with Gasteiger partial charge in [0.25, 0.3) is 0 Å². The first-order valence-electron chi connectivity index (χ1n) is 6.70. The number of rotatable bonds is 6. The van der Waals surface area contributed by atoms with Crippen molar-refractivity contribution in [3.8, 4) is 0 Å². The Morgan fingerprint density at radius 3 is 3.17 bits per heavy atom. The molecule has 2 rings (SSSR count). The third kappa shape index (κ3) is 3.51. The summed E-state index contributed by atoms with van der Waals surface area (Å²) < 4.78 is 10.9. The molecule has 1 aliphatic rings. The van der Waals surface area contributed by atoms with Crippen molar-refractivity contribution in [3.63, 3.8) is 0 Å². The molecule has 0 spiro atoms. The molecule has 1 aromatic heterocycles. The topological polar surface area (TPSA) is 77.4 Å². The molecule has 1 aromatic rings. The van der Waals surface area contributed by atoms with Crippen molar-refractivity contribution < 1.29 is 9.26 Å². The van der Waals surface area contributed by atoms with E-state index in [0.29, 0.717) is 18.3 Å². The second-order valence-corrected chi connectivity index (χ2v) is 4.60. The van der Waals surface area contributed by atoms with Crippen molar-refractivity contribution in [3.05, 3.63) is 11.7 Å². The van der Waals surface area contributed by atoms with Crippen LogP contribution in [0.3, 0.4) is 0 Å². The maximum absolute atomic E-state index is 5.71. The predicted octanol–water partition coefficient (Wildman–Crippen LogP) is 0.744. The largest absolute Gasteiger partial charge is 0.367 e. The quantitative estimate of drug-likeness (QED) is 0.807. The highest BCUT2D eigenvalue weighted by atomic mass is 16.5. The molecule has 18 heavy (non-hydrogen) atoms. The van der Waals surface area contributed by atoms with E-state index in [1.165, 1.54) is 0 Å². The number of hydrogen-bond donors (Lipinski definition) is 1. The van der Waals surface area contributed by atoms with E-state index in [-0.39, 0.29) is 6.10 Å². The van der Waals surface area contributed by atoms with Crippen molar-refractivity contribution >= 4 is 0 Å². The van der Waals surface area contributed by atoms with Crippen LogP contribution in [0.15, 0.2) is 4.52 Å². The summed E-state index contributed by atoms with van der Waals surface area (Å²) >= 11 is 0. The van der Waals surface area contributed by atoms with Crippen molar-refractivity contribution in [2.75, 3.05) is 32.8 Å². The molecule has 0 amide bonds. The van der Waals surface area contributed by atoms with E-state index in [2.05, 4.69) is 22.0 Å². The molecule has 0 bridgehead atoms. The van der Waals surface area contributed by atoms with Gasteiger partial charge >= 0.3 is 0 Å². The van der Waals surface area contributed by atoms with Gasteiger partial charge in [-0.05, 0) is 25.9 Å². The van der Waals surface area contributed by atoms with Gasteiger partial charge in [0, 0.05) is 19.5 Å². The molecule has 1 unspecified atom stereocenters. The molecule has 1 fully saturated rings. The fraction of sp³-hybridized carbons (Fsp3) is 0.833. The minimum atomic E-state index is -0.0549. The molecule has 1 aliphatic heterocycles. The van der Waals surface area contributed by atoms with Crippen molar-refractivity contribution in [1.82, 2.24) is 15.0 Å². The Hall–Kier alpha value is -0.980. The Labute approximate surface area is 107 Å². The first-order valence-corrected chi connectivity index (χ1v) is 6.70. The van der Waals surface area contributed by atoms with Crippen LogP contribution in [0.25, 0.3) is 0 Å². The summed E-state index contributed by atoms with van der Waals surface area (Å²) in [7, 11) is 0. The van der Waals surface area contributed by atoms with Gasteiger partial charge in [-0.1, -0.05) is 12.1 Å². The zero-order valence-electron chi connectivity index (χ0n) is 11.0. The molecule has 2 heterocycles. The SMILES string of the molecule is CCCN1CCOC(c2noc(CCCN)n2)C1. The van der Waals surface area contributed by atoms with Crippen LogP contribution in [0.1, 0.15) is 37.6 Å². The number of nitrogens with two attached hydrogens (primary N) is 1. The second-order valence-electron chi connectivity index (χ2n) is 4.60. The average molecular weight is 254 g/mol. The minimum absolute atomic E-state index is 0.0549. The van der Waals surface area contributed by atoms with Crippen molar-refractivity contribution in [2.45, 2.75) is 32.3 Å². The molecule has 102 valence electrons. The summed E-state index contributed by atoms with van der Waals surface area (Å²) in [6.45, 7) is 6.49. The van der Waals surface area contributed by atoms with Gasteiger partial charge in [0.2, 0.25) is 11.7 Å². The Kier molecular flexibility index (Phi) is 5.10. The molecule has 1 atom stereocenters. The zero-order valence-corrected chi connectivity index (χ0v) is 11.0. The fourth-order valence-corrected chi connectivity index (χ4v) is 2.13. The second kappa shape index (κ2) is 6.82. The van der Waals surface area contributed by atoms with Crippen molar-refractivity contribution in [1.29, 1.82) is 0 Å². The van der Waals surface area contributed by atoms with Gasteiger partial charge < -0.3 is 15.0 Å². The van der Waals surface area contributed by atoms with Gasteiger partial charge in [-0.3, -0.25) is 4.90 Å². The maximum atomic E-state index is 5.71. The number of hydrogen-bond acceptors (Lipinski definition) is 6. The Bertz CT molecular complexity index is 354. The van der Waals surface area contributed by atoms with Gasteiger partial charge in [0.05, 0.1) is 6.61 Å². The lowest BCUT2D eigenvalue weighted by Gasteiger charge is -2.30. The number of morpholine rings is 1. The molecule has 6 nitrogen and oxygen atoms in total. The molecule has 1 saturated heterocycles. The third-order valence-electron chi connectivity index (χ3n) is 3.06. The standard InChI is InChI=1S/C12H22N4O2/c1-2-6-16-7-8-17-10(9-16)12-14-11(18-15-12)4-3-5-13/h10H,2-9,13H2,1H3. The van der Waals surface area contributed by atoms with Crippen LogP contribution < -0.4 is 5.73 Å². The predicted molar refractivity (Wildman–Crippen MR) is 67.1 cm³/mol. The fourth-order valence-electron chi connectivity index (χ4n) is 2.13. The number of ether oxygens (including phenoxy) is 1. The lowest BCUT2D eigenvalue weighted by atomic mass is 10.2. The minimum Gasteiger partial charge on any atom is -0.367 e. The van der Waals surface area contributed by atoms with Crippen molar-refractivity contribution in [2.24, 2.45) is 5.73 Å². The van der Waals surface area contributed by atoms with E-state index in [1.807, 2.05) is 0 Å². The summed E-state index contributed by atoms with van der Waals surface area (Å²) in [4.78, 5) is 6.76. The summed E-state index contributed by atoms with van der Waals surface area (Å²) in [5.74, 6) is 1.33. The molecule has 0 aliphatic carbocycles. The van der Waals surface area contributed by atoms with Gasteiger partial charge in [0.1, 0.15) is 6.10 Å². The highest BCUT2D eigenvalue weighted by molar-refractivity contribution is 4.94. The van der Waals surface area contributed by atoms with Crippen LogP contribution in [0.4, 0.5) is 0 Å². The number of aryl methyl sites for hydroxylation is 1. The maximum Gasteiger partial charge on any atom is 0.226 e. The van der Waals surface area contributed by atoms with Gasteiger partial charge in [-0.25, -0.2) is 0 Å². The molecule has 0 saturated carbocycles. The molecule has 2 N–H and O–H groups in total. The Morgan fingerprint density at radius 2 is 2.39 bits per heavy atom. The lowest BCUT2D eigenvalue weighted by Crippen LogP contribution is -2.39. The third-order valence-corrected chi connectivity index (χ3v) is 3.06. The zero-order chi connectivity index (χ0) is 12.8. The van der Waals surface area contributed by atoms with Gasteiger partial charge in [-0.2, -0.15) is 4.98 Å². The molecule has 0 aromatic carbocycles. The van der Waals surface area contributed by atoms with E-state index >= 15 is 0 Å². The van der Waals surface area contributed by atoms with E-state index in [1.54, 1.807) is 0 Å². The summed E-state index contributed by atoms with van der Waals surface area (Å²) in [5, 5.41) is 4.01. The van der Waals surface area contributed by atoms with Crippen LogP contribution in [-0.4, -0.2) is 47.8 Å². The molecular weight excluding hydrogens is 232 g/mol. The van der Waals surface area contributed by atoms with E-state index in [4.69, 9.17) is 15.0 Å². The Morgan fingerprint density at radius 1 is 1.50 bits per heavy atom. The Balaban J connectivity index is 1.91. The average Bonchev–Trinajstić information content (AvgIpc) is 2.86. The van der Waals surface area contributed by atoms with Crippen LogP contribution in [0, 0.1) is 0 Å². The van der Waals surface area contributed by atoms with Crippen LogP contribution >= 0.6 is 0 Å². The summed E-state index contributed by atoms with van der Waals surface area (Å²) in [5.41, 5.74) is 5.46. The lowest BCUT2D eigenvalue weighted by molar-refractivity contribution is -0.0350.